The van der Waals surface area contributed by atoms with Gasteiger partial charge in [-0.05, 0) is 20.8 Å². The molecular formula is C11H19NO4. The van der Waals surface area contributed by atoms with E-state index in [-0.39, 0.29) is 13.2 Å². The predicted octanol–water partition coefficient (Wildman–Crippen LogP) is 0.515. The molecule has 5 heteroatoms. The van der Waals surface area contributed by atoms with E-state index in [1.165, 1.54) is 4.90 Å². The van der Waals surface area contributed by atoms with E-state index in [2.05, 4.69) is 0 Å². The molecule has 0 fully saturated rings. The van der Waals surface area contributed by atoms with Gasteiger partial charge in [-0.15, -0.1) is 0 Å². The van der Waals surface area contributed by atoms with Gasteiger partial charge in [0.25, 0.3) is 0 Å². The fourth-order valence-corrected chi connectivity index (χ4v) is 1.57. The number of ether oxygens (including phenoxy) is 1. The Morgan fingerprint density at radius 3 is 2.00 bits per heavy atom. The van der Waals surface area contributed by atoms with E-state index in [1.54, 1.807) is 32.9 Å². The lowest BCUT2D eigenvalue weighted by Gasteiger charge is -2.31. The summed E-state index contributed by atoms with van der Waals surface area (Å²) in [7, 11) is 0. The number of amides is 1. The Balaban J connectivity index is 2.72. The van der Waals surface area contributed by atoms with Crippen molar-refractivity contribution in [2.75, 3.05) is 13.2 Å². The van der Waals surface area contributed by atoms with Crippen molar-refractivity contribution < 1.29 is 19.7 Å². The highest BCUT2D eigenvalue weighted by molar-refractivity contribution is 5.70. The van der Waals surface area contributed by atoms with Crippen molar-refractivity contribution in [3.63, 3.8) is 0 Å². The van der Waals surface area contributed by atoms with E-state index in [0.29, 0.717) is 0 Å². The molecule has 1 heterocycles. The second-order valence-corrected chi connectivity index (χ2v) is 4.77. The molecule has 0 aromatic carbocycles. The smallest absolute Gasteiger partial charge is 0.411 e. The van der Waals surface area contributed by atoms with Crippen LogP contribution in [0.25, 0.3) is 0 Å². The Hall–Kier alpha value is -1.07. The Morgan fingerprint density at radius 1 is 1.25 bits per heavy atom. The molecule has 0 radical (unpaired) electrons. The first kappa shape index (κ1) is 13.0. The number of nitrogens with zero attached hydrogens (tertiary/aromatic N) is 1. The van der Waals surface area contributed by atoms with Gasteiger partial charge in [0.05, 0.1) is 25.3 Å². The lowest BCUT2D eigenvalue weighted by molar-refractivity contribution is 0.00634. The minimum atomic E-state index is -0.584. The summed E-state index contributed by atoms with van der Waals surface area (Å²) >= 11 is 0. The largest absolute Gasteiger partial charge is 0.444 e. The molecule has 16 heavy (non-hydrogen) atoms. The summed E-state index contributed by atoms with van der Waals surface area (Å²) in [5.74, 6) is 0. The summed E-state index contributed by atoms with van der Waals surface area (Å²) in [6.45, 7) is 4.97. The predicted molar refractivity (Wildman–Crippen MR) is 59.0 cm³/mol. The van der Waals surface area contributed by atoms with Gasteiger partial charge < -0.3 is 14.9 Å². The van der Waals surface area contributed by atoms with Gasteiger partial charge in [-0.25, -0.2) is 4.79 Å². The third-order valence-corrected chi connectivity index (χ3v) is 2.25. The average molecular weight is 229 g/mol. The highest BCUT2D eigenvalue weighted by Gasteiger charge is 2.34. The molecule has 0 spiro atoms. The summed E-state index contributed by atoms with van der Waals surface area (Å²) < 4.78 is 5.21. The zero-order valence-corrected chi connectivity index (χ0v) is 9.88. The van der Waals surface area contributed by atoms with Crippen LogP contribution < -0.4 is 0 Å². The SMILES string of the molecule is CC(C)(C)OC(=O)N1[C@H](CO)C=C[C@H]1CO. The molecule has 0 saturated heterocycles. The molecule has 1 aliphatic heterocycles. The van der Waals surface area contributed by atoms with Crippen molar-refractivity contribution in [2.45, 2.75) is 38.5 Å². The van der Waals surface area contributed by atoms with Crippen LogP contribution in [0.2, 0.25) is 0 Å². The minimum absolute atomic E-state index is 0.174. The maximum atomic E-state index is 11.8. The Kier molecular flexibility index (Phi) is 3.93. The summed E-state index contributed by atoms with van der Waals surface area (Å²) in [5, 5.41) is 18.2. The van der Waals surface area contributed by atoms with Crippen molar-refractivity contribution >= 4 is 6.09 Å². The summed E-state index contributed by atoms with van der Waals surface area (Å²) in [6.07, 6.45) is 2.88. The van der Waals surface area contributed by atoms with Crippen molar-refractivity contribution in [1.82, 2.24) is 4.90 Å². The van der Waals surface area contributed by atoms with E-state index in [9.17, 15) is 4.79 Å². The first-order valence-corrected chi connectivity index (χ1v) is 5.30. The first-order valence-electron chi connectivity index (χ1n) is 5.30. The Bertz CT molecular complexity index is 268. The van der Waals surface area contributed by atoms with Crippen LogP contribution in [0.4, 0.5) is 4.79 Å². The van der Waals surface area contributed by atoms with Gasteiger partial charge in [-0.3, -0.25) is 4.90 Å². The van der Waals surface area contributed by atoms with Crippen LogP contribution in [0.3, 0.4) is 0 Å². The van der Waals surface area contributed by atoms with Crippen molar-refractivity contribution in [1.29, 1.82) is 0 Å². The molecule has 2 atom stereocenters. The normalized spacial score (nSPS) is 24.9. The second-order valence-electron chi connectivity index (χ2n) is 4.77. The molecule has 1 rings (SSSR count). The van der Waals surface area contributed by atoms with Gasteiger partial charge in [0, 0.05) is 0 Å². The zero-order chi connectivity index (χ0) is 12.3. The van der Waals surface area contributed by atoms with Gasteiger partial charge in [-0.1, -0.05) is 12.2 Å². The molecule has 0 aromatic rings. The van der Waals surface area contributed by atoms with E-state index in [4.69, 9.17) is 14.9 Å². The average Bonchev–Trinajstić information content (AvgIpc) is 2.57. The van der Waals surface area contributed by atoms with Gasteiger partial charge in [0.15, 0.2) is 0 Å². The molecule has 5 nitrogen and oxygen atoms in total. The van der Waals surface area contributed by atoms with Crippen LogP contribution in [0.5, 0.6) is 0 Å². The van der Waals surface area contributed by atoms with E-state index in [1.807, 2.05) is 0 Å². The van der Waals surface area contributed by atoms with Crippen molar-refractivity contribution in [2.24, 2.45) is 0 Å². The molecule has 0 bridgehead atoms. The number of hydrogen-bond acceptors (Lipinski definition) is 4. The van der Waals surface area contributed by atoms with Crippen LogP contribution in [0.1, 0.15) is 20.8 Å². The van der Waals surface area contributed by atoms with Crippen LogP contribution in [0.15, 0.2) is 12.2 Å². The molecule has 92 valence electrons. The van der Waals surface area contributed by atoms with Crippen LogP contribution >= 0.6 is 0 Å². The fraction of sp³-hybridized carbons (Fsp3) is 0.727. The third-order valence-electron chi connectivity index (χ3n) is 2.25. The third kappa shape index (κ3) is 2.96. The zero-order valence-electron chi connectivity index (χ0n) is 9.88. The monoisotopic (exact) mass is 229 g/mol. The van der Waals surface area contributed by atoms with Gasteiger partial charge in [-0.2, -0.15) is 0 Å². The molecule has 0 unspecified atom stereocenters. The molecule has 1 amide bonds. The standard InChI is InChI=1S/C11H19NO4/c1-11(2,3)16-10(15)12-8(6-13)4-5-9(12)7-14/h4-5,8-9,13-14H,6-7H2,1-3H3/t8-,9-/m0/s1. The van der Waals surface area contributed by atoms with Crippen LogP contribution in [-0.2, 0) is 4.74 Å². The summed E-state index contributed by atoms with van der Waals surface area (Å²) in [5.41, 5.74) is -0.584. The lowest BCUT2D eigenvalue weighted by atomic mass is 10.2. The number of aliphatic hydroxyl groups excluding tert-OH is 2. The fourth-order valence-electron chi connectivity index (χ4n) is 1.57. The van der Waals surface area contributed by atoms with E-state index >= 15 is 0 Å². The molecule has 0 aliphatic carbocycles. The number of carbonyl (C=O) groups is 1. The van der Waals surface area contributed by atoms with Crippen molar-refractivity contribution in [3.05, 3.63) is 12.2 Å². The quantitative estimate of drug-likeness (QED) is 0.677. The number of hydrogen-bond donors (Lipinski definition) is 2. The second kappa shape index (κ2) is 4.84. The molecule has 0 saturated carbocycles. The lowest BCUT2D eigenvalue weighted by Crippen LogP contribution is -2.47. The van der Waals surface area contributed by atoms with Crippen LogP contribution in [-0.4, -0.2) is 52.1 Å². The van der Waals surface area contributed by atoms with Gasteiger partial charge >= 0.3 is 6.09 Å². The Labute approximate surface area is 95.3 Å². The Morgan fingerprint density at radius 2 is 1.69 bits per heavy atom. The van der Waals surface area contributed by atoms with E-state index in [0.717, 1.165) is 0 Å². The van der Waals surface area contributed by atoms with Gasteiger partial charge in [0.1, 0.15) is 5.60 Å². The summed E-state index contributed by atoms with van der Waals surface area (Å²) in [6, 6.07) is -0.820. The number of rotatable bonds is 2. The number of aliphatic hydroxyl groups is 2. The molecule has 0 aromatic heterocycles. The maximum absolute atomic E-state index is 11.8. The molecule has 2 N–H and O–H groups in total. The summed E-state index contributed by atoms with van der Waals surface area (Å²) in [4.78, 5) is 13.2. The maximum Gasteiger partial charge on any atom is 0.411 e. The van der Waals surface area contributed by atoms with Gasteiger partial charge in [0.2, 0.25) is 0 Å². The topological polar surface area (TPSA) is 70.0 Å². The highest BCUT2D eigenvalue weighted by Crippen LogP contribution is 2.20. The van der Waals surface area contributed by atoms with Crippen LogP contribution in [0, 0.1) is 0 Å². The molecular weight excluding hydrogens is 210 g/mol. The number of carbonyl (C=O) groups excluding carboxylic acids is 1. The molecule has 1 aliphatic rings. The van der Waals surface area contributed by atoms with E-state index < -0.39 is 23.8 Å². The minimum Gasteiger partial charge on any atom is -0.444 e. The van der Waals surface area contributed by atoms with Crippen molar-refractivity contribution in [3.8, 4) is 0 Å². The highest BCUT2D eigenvalue weighted by atomic mass is 16.6. The first-order chi connectivity index (χ1) is 7.39.